The van der Waals surface area contributed by atoms with Crippen LogP contribution in [-0.2, 0) is 0 Å². The number of rotatable bonds is 2. The van der Waals surface area contributed by atoms with Gasteiger partial charge in [-0.15, -0.1) is 5.10 Å². The Kier molecular flexibility index (Phi) is 4.09. The largest absolute Gasteiger partial charge is 0.367 e. The number of nitrogens with one attached hydrogen (secondary N) is 1. The Morgan fingerprint density at radius 2 is 2.07 bits per heavy atom. The first kappa shape index (κ1) is 10.7. The van der Waals surface area contributed by atoms with Crippen molar-refractivity contribution in [2.24, 2.45) is 15.9 Å². The van der Waals surface area contributed by atoms with Crippen LogP contribution in [0, 0.1) is 0 Å². The zero-order valence-electron chi connectivity index (χ0n) is 7.18. The predicted molar refractivity (Wildman–Crippen MR) is 58.3 cm³/mol. The number of hydroxylamine groups is 1. The lowest BCUT2D eigenvalue weighted by molar-refractivity contribution is 0.232. The van der Waals surface area contributed by atoms with E-state index in [2.05, 4.69) is 26.1 Å². The standard InChI is InChI=1S/C8H9BrN4O/c9-7-3-1-6(2-4-7)5-11-12-8(10)13-14/h1-5,14H,(H3,10,12,13)/b11-5+. The minimum absolute atomic E-state index is 0.154. The topological polar surface area (TPSA) is 83.0 Å². The first-order chi connectivity index (χ1) is 6.72. The molecule has 0 heterocycles. The van der Waals surface area contributed by atoms with Gasteiger partial charge in [-0.05, 0) is 17.7 Å². The van der Waals surface area contributed by atoms with Crippen LogP contribution in [0.3, 0.4) is 0 Å². The van der Waals surface area contributed by atoms with E-state index in [1.807, 2.05) is 24.3 Å². The first-order valence-electron chi connectivity index (χ1n) is 3.74. The second-order valence-electron chi connectivity index (χ2n) is 2.39. The highest BCUT2D eigenvalue weighted by atomic mass is 79.9. The maximum atomic E-state index is 8.28. The van der Waals surface area contributed by atoms with Crippen molar-refractivity contribution in [3.05, 3.63) is 34.3 Å². The van der Waals surface area contributed by atoms with Gasteiger partial charge in [-0.3, -0.25) is 5.21 Å². The number of nitrogens with zero attached hydrogens (tertiary/aromatic N) is 2. The molecule has 0 spiro atoms. The Balaban J connectivity index is 2.65. The van der Waals surface area contributed by atoms with Crippen molar-refractivity contribution < 1.29 is 5.21 Å². The van der Waals surface area contributed by atoms with Crippen molar-refractivity contribution >= 4 is 28.1 Å². The summed E-state index contributed by atoms with van der Waals surface area (Å²) in [5.41, 5.74) is 7.69. The average Bonchev–Trinajstić information content (AvgIpc) is 2.21. The number of hydrogen-bond donors (Lipinski definition) is 3. The lowest BCUT2D eigenvalue weighted by Gasteiger charge is -1.92. The summed E-state index contributed by atoms with van der Waals surface area (Å²) in [5.74, 6) is -0.154. The van der Waals surface area contributed by atoms with E-state index in [1.165, 1.54) is 6.21 Å². The summed E-state index contributed by atoms with van der Waals surface area (Å²) in [7, 11) is 0. The summed E-state index contributed by atoms with van der Waals surface area (Å²) >= 11 is 3.31. The molecule has 5 nitrogen and oxygen atoms in total. The van der Waals surface area contributed by atoms with Gasteiger partial charge in [-0.25, -0.2) is 5.48 Å². The van der Waals surface area contributed by atoms with Gasteiger partial charge in [0.25, 0.3) is 0 Å². The van der Waals surface area contributed by atoms with Crippen LogP contribution in [0.5, 0.6) is 0 Å². The molecule has 0 aliphatic rings. The van der Waals surface area contributed by atoms with Crippen molar-refractivity contribution in [2.75, 3.05) is 0 Å². The Labute approximate surface area is 89.4 Å². The molecule has 0 radical (unpaired) electrons. The maximum absolute atomic E-state index is 8.28. The number of guanidine groups is 1. The third kappa shape index (κ3) is 3.55. The second-order valence-corrected chi connectivity index (χ2v) is 3.31. The first-order valence-corrected chi connectivity index (χ1v) is 4.54. The average molecular weight is 257 g/mol. The van der Waals surface area contributed by atoms with Gasteiger partial charge in [0.2, 0.25) is 5.96 Å². The molecule has 74 valence electrons. The van der Waals surface area contributed by atoms with Gasteiger partial charge in [0.1, 0.15) is 0 Å². The molecule has 0 aromatic heterocycles. The minimum Gasteiger partial charge on any atom is -0.367 e. The summed E-state index contributed by atoms with van der Waals surface area (Å²) in [6, 6.07) is 7.51. The normalized spacial score (nSPS) is 12.0. The van der Waals surface area contributed by atoms with E-state index in [0.717, 1.165) is 10.0 Å². The van der Waals surface area contributed by atoms with Crippen molar-refractivity contribution in [2.45, 2.75) is 0 Å². The summed E-state index contributed by atoms with van der Waals surface area (Å²) in [4.78, 5) is 0. The Morgan fingerprint density at radius 1 is 1.43 bits per heavy atom. The summed E-state index contributed by atoms with van der Waals surface area (Å²) in [5, 5.41) is 15.4. The minimum atomic E-state index is -0.154. The molecule has 0 fully saturated rings. The fourth-order valence-corrected chi connectivity index (χ4v) is 0.993. The summed E-state index contributed by atoms with van der Waals surface area (Å²) in [6.07, 6.45) is 1.52. The summed E-state index contributed by atoms with van der Waals surface area (Å²) < 4.78 is 0.995. The van der Waals surface area contributed by atoms with Crippen molar-refractivity contribution in [1.82, 2.24) is 5.48 Å². The molecule has 0 aliphatic carbocycles. The van der Waals surface area contributed by atoms with E-state index in [1.54, 1.807) is 5.48 Å². The van der Waals surface area contributed by atoms with Gasteiger partial charge in [0, 0.05) is 4.47 Å². The smallest absolute Gasteiger partial charge is 0.237 e. The highest BCUT2D eigenvalue weighted by Gasteiger charge is 1.87. The van der Waals surface area contributed by atoms with Crippen LogP contribution in [0.15, 0.2) is 38.9 Å². The zero-order valence-corrected chi connectivity index (χ0v) is 8.77. The van der Waals surface area contributed by atoms with Gasteiger partial charge < -0.3 is 5.73 Å². The van der Waals surface area contributed by atoms with Crippen LogP contribution >= 0.6 is 15.9 Å². The monoisotopic (exact) mass is 256 g/mol. The number of halogens is 1. The molecule has 14 heavy (non-hydrogen) atoms. The van der Waals surface area contributed by atoms with Gasteiger partial charge in [0.15, 0.2) is 0 Å². The number of hydrogen-bond acceptors (Lipinski definition) is 3. The molecule has 0 unspecified atom stereocenters. The van der Waals surface area contributed by atoms with Crippen LogP contribution in [0.25, 0.3) is 0 Å². The van der Waals surface area contributed by atoms with E-state index in [4.69, 9.17) is 10.9 Å². The van der Waals surface area contributed by atoms with Gasteiger partial charge in [0.05, 0.1) is 6.21 Å². The van der Waals surface area contributed by atoms with E-state index in [9.17, 15) is 0 Å². The predicted octanol–water partition coefficient (Wildman–Crippen LogP) is 1.08. The van der Waals surface area contributed by atoms with Crippen LogP contribution in [-0.4, -0.2) is 17.4 Å². The molecular formula is C8H9BrN4O. The molecule has 0 saturated heterocycles. The molecule has 1 rings (SSSR count). The molecule has 0 aliphatic heterocycles. The SMILES string of the molecule is NC(=N/N=C/c1ccc(Br)cc1)NO. The summed E-state index contributed by atoms with van der Waals surface area (Å²) in [6.45, 7) is 0. The van der Waals surface area contributed by atoms with Crippen molar-refractivity contribution in [3.63, 3.8) is 0 Å². The molecule has 0 bridgehead atoms. The van der Waals surface area contributed by atoms with Crippen LogP contribution in [0.4, 0.5) is 0 Å². The molecular weight excluding hydrogens is 248 g/mol. The molecule has 0 amide bonds. The second kappa shape index (κ2) is 5.36. The quantitative estimate of drug-likeness (QED) is 0.421. The lowest BCUT2D eigenvalue weighted by Crippen LogP contribution is -2.27. The van der Waals surface area contributed by atoms with Crippen LogP contribution in [0.2, 0.25) is 0 Å². The maximum Gasteiger partial charge on any atom is 0.237 e. The molecule has 1 aromatic rings. The lowest BCUT2D eigenvalue weighted by atomic mass is 10.2. The van der Waals surface area contributed by atoms with E-state index in [-0.39, 0.29) is 5.96 Å². The van der Waals surface area contributed by atoms with Gasteiger partial charge in [-0.1, -0.05) is 28.1 Å². The van der Waals surface area contributed by atoms with E-state index in [0.29, 0.717) is 0 Å². The zero-order chi connectivity index (χ0) is 10.4. The highest BCUT2D eigenvalue weighted by molar-refractivity contribution is 9.10. The Morgan fingerprint density at radius 3 is 2.64 bits per heavy atom. The fourth-order valence-electron chi connectivity index (χ4n) is 0.729. The molecule has 6 heteroatoms. The fraction of sp³-hybridized carbons (Fsp3) is 0. The van der Waals surface area contributed by atoms with E-state index < -0.39 is 0 Å². The number of benzene rings is 1. The third-order valence-electron chi connectivity index (χ3n) is 1.36. The third-order valence-corrected chi connectivity index (χ3v) is 1.89. The van der Waals surface area contributed by atoms with Gasteiger partial charge >= 0.3 is 0 Å². The Bertz CT molecular complexity index is 347. The van der Waals surface area contributed by atoms with Gasteiger partial charge in [-0.2, -0.15) is 5.10 Å². The molecule has 0 saturated carbocycles. The van der Waals surface area contributed by atoms with E-state index >= 15 is 0 Å². The van der Waals surface area contributed by atoms with Crippen LogP contribution in [0.1, 0.15) is 5.56 Å². The van der Waals surface area contributed by atoms with Crippen molar-refractivity contribution in [1.29, 1.82) is 0 Å². The Hall–Kier alpha value is -1.40. The molecule has 0 atom stereocenters. The molecule has 1 aromatic carbocycles. The molecule has 4 N–H and O–H groups in total. The number of nitrogens with two attached hydrogens (primary N) is 1. The van der Waals surface area contributed by atoms with Crippen LogP contribution < -0.4 is 11.2 Å². The van der Waals surface area contributed by atoms with Crippen molar-refractivity contribution in [3.8, 4) is 0 Å². The highest BCUT2D eigenvalue weighted by Crippen LogP contribution is 2.08.